The third kappa shape index (κ3) is 2.46. The molecule has 7 heteroatoms. The minimum atomic E-state index is -2.06. The molecule has 0 saturated carbocycles. The Balaban J connectivity index is 4.71. The molecule has 0 heterocycles. The highest BCUT2D eigenvalue weighted by Gasteiger charge is 2.53. The van der Waals surface area contributed by atoms with Gasteiger partial charge in [-0.15, -0.1) is 11.6 Å². The van der Waals surface area contributed by atoms with Gasteiger partial charge in [-0.25, -0.2) is 4.79 Å². The number of ether oxygens (including phenoxy) is 1. The highest BCUT2D eigenvalue weighted by molar-refractivity contribution is 6.69. The highest BCUT2D eigenvalue weighted by Crippen LogP contribution is 2.44. The Morgan fingerprint density at radius 2 is 1.75 bits per heavy atom. The molecule has 0 rings (SSSR count). The fourth-order valence-corrected chi connectivity index (χ4v) is 1.14. The lowest BCUT2D eigenvalue weighted by atomic mass is 10.3. The van der Waals surface area contributed by atoms with E-state index in [4.69, 9.17) is 58.0 Å². The Kier molecular flexibility index (Phi) is 4.77. The lowest BCUT2D eigenvalue weighted by Gasteiger charge is -2.27. The smallest absolute Gasteiger partial charge is 0.345 e. The van der Waals surface area contributed by atoms with E-state index in [2.05, 4.69) is 4.74 Å². The largest absolute Gasteiger partial charge is 0.467 e. The summed E-state index contributed by atoms with van der Waals surface area (Å²) >= 11 is 27.5. The number of carbonyl (C=O) groups excluding carboxylic acids is 1. The molecule has 0 unspecified atom stereocenters. The van der Waals surface area contributed by atoms with Gasteiger partial charge >= 0.3 is 5.97 Å². The van der Waals surface area contributed by atoms with Crippen LogP contribution in [0.1, 0.15) is 0 Å². The molecule has 0 saturated heterocycles. The number of carbonyl (C=O) groups is 1. The molecule has 0 spiro atoms. The van der Waals surface area contributed by atoms with Crippen molar-refractivity contribution in [3.8, 4) is 0 Å². The van der Waals surface area contributed by atoms with Crippen LogP contribution in [-0.4, -0.2) is 27.6 Å². The van der Waals surface area contributed by atoms with Crippen LogP contribution in [0.25, 0.3) is 0 Å². The van der Waals surface area contributed by atoms with Crippen LogP contribution in [0.5, 0.6) is 0 Å². The van der Waals surface area contributed by atoms with E-state index in [1.807, 2.05) is 0 Å². The topological polar surface area (TPSA) is 26.3 Å². The summed E-state index contributed by atoms with van der Waals surface area (Å²) in [5.41, 5.74) is 0. The second-order valence-corrected chi connectivity index (χ2v) is 4.98. The SMILES string of the molecule is COC(=O)C(Cl)(Cl)C(Cl)(Cl)CCl. The summed E-state index contributed by atoms with van der Waals surface area (Å²) in [6, 6.07) is 0. The summed E-state index contributed by atoms with van der Waals surface area (Å²) in [4.78, 5) is 10.9. The van der Waals surface area contributed by atoms with Gasteiger partial charge in [0.1, 0.15) is 0 Å². The molecule has 2 nitrogen and oxygen atoms in total. The standard InChI is InChI=1S/C5H5Cl5O2/c1-12-3(11)5(9,10)4(7,8)2-6/h2H2,1H3. The van der Waals surface area contributed by atoms with Gasteiger partial charge in [0.25, 0.3) is 0 Å². The third-order valence-corrected chi connectivity index (χ3v) is 3.92. The first kappa shape index (κ1) is 12.9. The Morgan fingerprint density at radius 1 is 1.33 bits per heavy atom. The van der Waals surface area contributed by atoms with E-state index >= 15 is 0 Å². The molecule has 0 aromatic heterocycles. The van der Waals surface area contributed by atoms with Crippen LogP contribution in [0.3, 0.4) is 0 Å². The van der Waals surface area contributed by atoms with Crippen molar-refractivity contribution in [3.63, 3.8) is 0 Å². The second-order valence-electron chi connectivity index (χ2n) is 1.90. The van der Waals surface area contributed by atoms with Crippen LogP contribution >= 0.6 is 58.0 Å². The Hall–Kier alpha value is 0.920. The van der Waals surface area contributed by atoms with Crippen molar-refractivity contribution in [1.29, 1.82) is 0 Å². The quantitative estimate of drug-likeness (QED) is 0.584. The number of alkyl halides is 5. The highest BCUT2D eigenvalue weighted by atomic mass is 35.5. The van der Waals surface area contributed by atoms with Gasteiger partial charge in [-0.2, -0.15) is 0 Å². The molecule has 0 aliphatic heterocycles. The third-order valence-electron chi connectivity index (χ3n) is 1.07. The molecule has 12 heavy (non-hydrogen) atoms. The lowest BCUT2D eigenvalue weighted by Crippen LogP contribution is -2.45. The van der Waals surface area contributed by atoms with Crippen LogP contribution in [0.2, 0.25) is 0 Å². The minimum Gasteiger partial charge on any atom is -0.467 e. The zero-order chi connectivity index (χ0) is 9.99. The number of hydrogen-bond donors (Lipinski definition) is 0. The molecule has 0 aromatic rings. The van der Waals surface area contributed by atoms with Gasteiger partial charge in [-0.05, 0) is 0 Å². The summed E-state index contributed by atoms with van der Waals surface area (Å²) in [5, 5.41) is 0. The van der Waals surface area contributed by atoms with E-state index in [1.54, 1.807) is 0 Å². The monoisotopic (exact) mass is 272 g/mol. The lowest BCUT2D eigenvalue weighted by molar-refractivity contribution is -0.141. The van der Waals surface area contributed by atoms with E-state index in [0.29, 0.717) is 0 Å². The normalized spacial score (nSPS) is 12.8. The Bertz CT molecular complexity index is 179. The zero-order valence-corrected chi connectivity index (χ0v) is 9.69. The predicted octanol–water partition coefficient (Wildman–Crippen LogP) is 2.75. The second kappa shape index (κ2) is 4.43. The molecule has 72 valence electrons. The van der Waals surface area contributed by atoms with Crippen molar-refractivity contribution in [2.45, 2.75) is 8.67 Å². The van der Waals surface area contributed by atoms with Crippen molar-refractivity contribution in [1.82, 2.24) is 0 Å². The Labute approximate surface area is 95.0 Å². The maximum absolute atomic E-state index is 10.9. The molecular weight excluding hydrogens is 269 g/mol. The van der Waals surface area contributed by atoms with Crippen LogP contribution in [0.15, 0.2) is 0 Å². The van der Waals surface area contributed by atoms with Crippen LogP contribution in [0.4, 0.5) is 0 Å². The number of methoxy groups -OCH3 is 1. The molecule has 0 N–H and O–H groups in total. The first-order valence-electron chi connectivity index (χ1n) is 2.69. The van der Waals surface area contributed by atoms with Crippen molar-refractivity contribution in [3.05, 3.63) is 0 Å². The van der Waals surface area contributed by atoms with Gasteiger partial charge in [-0.3, -0.25) is 0 Å². The Morgan fingerprint density at radius 3 is 2.00 bits per heavy atom. The van der Waals surface area contributed by atoms with Crippen molar-refractivity contribution in [2.24, 2.45) is 0 Å². The molecule has 0 fully saturated rings. The fourth-order valence-electron chi connectivity index (χ4n) is 0.361. The molecule has 0 atom stereocenters. The summed E-state index contributed by atoms with van der Waals surface area (Å²) in [7, 11) is 1.11. The van der Waals surface area contributed by atoms with Crippen LogP contribution < -0.4 is 0 Å². The summed E-state index contributed by atoms with van der Waals surface area (Å²) in [6.45, 7) is 0. The molecule has 0 bridgehead atoms. The van der Waals surface area contributed by atoms with Crippen molar-refractivity contribution < 1.29 is 9.53 Å². The number of hydrogen-bond acceptors (Lipinski definition) is 2. The van der Waals surface area contributed by atoms with Crippen LogP contribution in [-0.2, 0) is 9.53 Å². The van der Waals surface area contributed by atoms with Crippen molar-refractivity contribution >= 4 is 64.0 Å². The molecule has 0 aliphatic rings. The van der Waals surface area contributed by atoms with E-state index in [-0.39, 0.29) is 5.88 Å². The maximum atomic E-state index is 10.9. The average molecular weight is 274 g/mol. The minimum absolute atomic E-state index is 0.293. The van der Waals surface area contributed by atoms with E-state index in [1.165, 1.54) is 0 Å². The summed E-state index contributed by atoms with van der Waals surface area (Å²) < 4.78 is 0.437. The summed E-state index contributed by atoms with van der Waals surface area (Å²) in [6.07, 6.45) is 0. The molecule has 0 aliphatic carbocycles. The van der Waals surface area contributed by atoms with Crippen molar-refractivity contribution in [2.75, 3.05) is 13.0 Å². The maximum Gasteiger partial charge on any atom is 0.345 e. The first-order chi connectivity index (χ1) is 5.29. The van der Waals surface area contributed by atoms with E-state index in [9.17, 15) is 4.79 Å². The van der Waals surface area contributed by atoms with Gasteiger partial charge in [0.2, 0.25) is 4.33 Å². The molecule has 0 radical (unpaired) electrons. The number of rotatable bonds is 3. The zero-order valence-electron chi connectivity index (χ0n) is 5.91. The molecule has 0 aromatic carbocycles. The van der Waals surface area contributed by atoms with Gasteiger partial charge in [0.05, 0.1) is 13.0 Å². The van der Waals surface area contributed by atoms with Gasteiger partial charge < -0.3 is 4.74 Å². The first-order valence-corrected chi connectivity index (χ1v) is 4.74. The summed E-state index contributed by atoms with van der Waals surface area (Å²) in [5.74, 6) is -1.24. The molecule has 0 amide bonds. The van der Waals surface area contributed by atoms with Gasteiger partial charge in [0.15, 0.2) is 4.33 Å². The average Bonchev–Trinajstić information content (AvgIpc) is 2.02. The number of halogens is 5. The number of esters is 1. The fraction of sp³-hybridized carbons (Fsp3) is 0.800. The van der Waals surface area contributed by atoms with Crippen LogP contribution in [0, 0.1) is 0 Å². The van der Waals surface area contributed by atoms with Gasteiger partial charge in [0, 0.05) is 0 Å². The predicted molar refractivity (Wildman–Crippen MR) is 51.6 cm³/mol. The van der Waals surface area contributed by atoms with E-state index < -0.39 is 14.6 Å². The van der Waals surface area contributed by atoms with Gasteiger partial charge in [-0.1, -0.05) is 46.4 Å². The van der Waals surface area contributed by atoms with E-state index in [0.717, 1.165) is 7.11 Å². The molecular formula is C5H5Cl5O2.